The van der Waals surface area contributed by atoms with E-state index < -0.39 is 0 Å². The summed E-state index contributed by atoms with van der Waals surface area (Å²) >= 11 is 0. The van der Waals surface area contributed by atoms with Crippen molar-refractivity contribution in [3.8, 4) is 11.5 Å². The minimum atomic E-state index is 0.251. The second kappa shape index (κ2) is 7.48. The van der Waals surface area contributed by atoms with Gasteiger partial charge in [-0.3, -0.25) is 0 Å². The maximum absolute atomic E-state index is 5.82. The Morgan fingerprint density at radius 3 is 2.95 bits per heavy atom. The first kappa shape index (κ1) is 15.9. The molecule has 0 spiro atoms. The van der Waals surface area contributed by atoms with E-state index in [4.69, 9.17) is 14.2 Å². The molecule has 4 heteroatoms. The SMILES string of the molecule is COCCNC/C(C)=C/c1cc2c(cc1OC)CC(C)O2. The molecule has 1 aliphatic rings. The van der Waals surface area contributed by atoms with E-state index in [1.54, 1.807) is 14.2 Å². The van der Waals surface area contributed by atoms with Crippen molar-refractivity contribution in [2.75, 3.05) is 33.9 Å². The van der Waals surface area contributed by atoms with Crippen molar-refractivity contribution in [1.82, 2.24) is 5.32 Å². The van der Waals surface area contributed by atoms with E-state index in [-0.39, 0.29) is 6.10 Å². The highest BCUT2D eigenvalue weighted by molar-refractivity contribution is 5.64. The lowest BCUT2D eigenvalue weighted by Crippen LogP contribution is -2.20. The van der Waals surface area contributed by atoms with Gasteiger partial charge in [0.15, 0.2) is 0 Å². The van der Waals surface area contributed by atoms with Crippen molar-refractivity contribution >= 4 is 6.08 Å². The van der Waals surface area contributed by atoms with Crippen LogP contribution >= 0.6 is 0 Å². The number of benzene rings is 1. The van der Waals surface area contributed by atoms with Crippen molar-refractivity contribution in [2.45, 2.75) is 26.4 Å². The molecule has 1 N–H and O–H groups in total. The van der Waals surface area contributed by atoms with E-state index in [0.717, 1.165) is 43.2 Å². The van der Waals surface area contributed by atoms with Gasteiger partial charge in [0.05, 0.1) is 13.7 Å². The Morgan fingerprint density at radius 2 is 2.24 bits per heavy atom. The third-order valence-corrected chi connectivity index (χ3v) is 3.54. The monoisotopic (exact) mass is 291 g/mol. The standard InChI is InChI=1S/C17H25NO3/c1-12(11-18-5-6-19-3)7-14-10-17-15(8-13(2)21-17)9-16(14)20-4/h7,9-10,13,18H,5-6,8,11H2,1-4H3/b12-7+. The summed E-state index contributed by atoms with van der Waals surface area (Å²) in [5, 5.41) is 3.34. The maximum atomic E-state index is 5.82. The Balaban J connectivity index is 2.10. The highest BCUT2D eigenvalue weighted by atomic mass is 16.5. The van der Waals surface area contributed by atoms with Crippen LogP contribution in [0.1, 0.15) is 25.0 Å². The first-order valence-electron chi connectivity index (χ1n) is 7.38. The number of hydrogen-bond acceptors (Lipinski definition) is 4. The van der Waals surface area contributed by atoms with E-state index in [1.807, 2.05) is 0 Å². The highest BCUT2D eigenvalue weighted by Crippen LogP contribution is 2.35. The fourth-order valence-corrected chi connectivity index (χ4v) is 2.52. The quantitative estimate of drug-likeness (QED) is 0.784. The lowest BCUT2D eigenvalue weighted by atomic mass is 10.0. The van der Waals surface area contributed by atoms with Crippen LogP contribution in [0.2, 0.25) is 0 Å². The van der Waals surface area contributed by atoms with Gasteiger partial charge in [-0.1, -0.05) is 11.6 Å². The number of nitrogens with one attached hydrogen (secondary N) is 1. The number of rotatable bonds is 7. The van der Waals surface area contributed by atoms with Gasteiger partial charge in [-0.05, 0) is 26.0 Å². The van der Waals surface area contributed by atoms with E-state index in [9.17, 15) is 0 Å². The molecule has 1 aliphatic heterocycles. The van der Waals surface area contributed by atoms with Gasteiger partial charge in [0.25, 0.3) is 0 Å². The zero-order valence-electron chi connectivity index (χ0n) is 13.4. The van der Waals surface area contributed by atoms with Crippen molar-refractivity contribution in [3.63, 3.8) is 0 Å². The van der Waals surface area contributed by atoms with Crippen LogP contribution in [0, 0.1) is 0 Å². The summed E-state index contributed by atoms with van der Waals surface area (Å²) in [7, 11) is 3.42. The molecule has 1 aromatic carbocycles. The van der Waals surface area contributed by atoms with E-state index >= 15 is 0 Å². The van der Waals surface area contributed by atoms with Gasteiger partial charge in [-0.15, -0.1) is 0 Å². The molecule has 0 saturated carbocycles. The molecule has 21 heavy (non-hydrogen) atoms. The average molecular weight is 291 g/mol. The average Bonchev–Trinajstić information content (AvgIpc) is 2.81. The van der Waals surface area contributed by atoms with E-state index in [2.05, 4.69) is 37.4 Å². The van der Waals surface area contributed by atoms with Crippen LogP contribution in [0.15, 0.2) is 17.7 Å². The summed E-state index contributed by atoms with van der Waals surface area (Å²) < 4.78 is 16.4. The minimum Gasteiger partial charge on any atom is -0.496 e. The van der Waals surface area contributed by atoms with Crippen LogP contribution < -0.4 is 14.8 Å². The van der Waals surface area contributed by atoms with Crippen LogP contribution in [0.5, 0.6) is 11.5 Å². The summed E-state index contributed by atoms with van der Waals surface area (Å²) in [6.07, 6.45) is 3.35. The zero-order chi connectivity index (χ0) is 15.2. The molecule has 116 valence electrons. The van der Waals surface area contributed by atoms with Crippen LogP contribution in [0.4, 0.5) is 0 Å². The van der Waals surface area contributed by atoms with Gasteiger partial charge < -0.3 is 19.5 Å². The predicted octanol–water partition coefficient (Wildman–Crippen LogP) is 2.66. The Labute approximate surface area is 127 Å². The number of methoxy groups -OCH3 is 2. The molecule has 0 saturated heterocycles. The normalized spacial score (nSPS) is 17.5. The molecule has 0 bridgehead atoms. The minimum absolute atomic E-state index is 0.251. The van der Waals surface area contributed by atoms with Crippen LogP contribution in [0.25, 0.3) is 6.08 Å². The Kier molecular flexibility index (Phi) is 5.65. The molecule has 0 aromatic heterocycles. The molecule has 1 aromatic rings. The first-order valence-corrected chi connectivity index (χ1v) is 7.38. The van der Waals surface area contributed by atoms with Gasteiger partial charge >= 0.3 is 0 Å². The number of fused-ring (bicyclic) bond motifs is 1. The smallest absolute Gasteiger partial charge is 0.126 e. The number of ether oxygens (including phenoxy) is 3. The van der Waals surface area contributed by atoms with Crippen molar-refractivity contribution < 1.29 is 14.2 Å². The van der Waals surface area contributed by atoms with Crippen LogP contribution in [0.3, 0.4) is 0 Å². The van der Waals surface area contributed by atoms with Crippen molar-refractivity contribution in [2.24, 2.45) is 0 Å². The fourth-order valence-electron chi connectivity index (χ4n) is 2.52. The van der Waals surface area contributed by atoms with Gasteiger partial charge in [0.2, 0.25) is 0 Å². The van der Waals surface area contributed by atoms with E-state index in [1.165, 1.54) is 11.1 Å². The molecular weight excluding hydrogens is 266 g/mol. The largest absolute Gasteiger partial charge is 0.496 e. The predicted molar refractivity (Wildman–Crippen MR) is 85.2 cm³/mol. The summed E-state index contributed by atoms with van der Waals surface area (Å²) in [6.45, 7) is 6.61. The summed E-state index contributed by atoms with van der Waals surface area (Å²) in [4.78, 5) is 0. The molecule has 1 heterocycles. The molecule has 2 rings (SSSR count). The fraction of sp³-hybridized carbons (Fsp3) is 0.529. The van der Waals surface area contributed by atoms with Crippen LogP contribution in [-0.4, -0.2) is 40.0 Å². The van der Waals surface area contributed by atoms with Gasteiger partial charge in [-0.2, -0.15) is 0 Å². The molecular formula is C17H25NO3. The van der Waals surface area contributed by atoms with Gasteiger partial charge in [0.1, 0.15) is 17.6 Å². The van der Waals surface area contributed by atoms with Crippen molar-refractivity contribution in [1.29, 1.82) is 0 Å². The molecule has 4 nitrogen and oxygen atoms in total. The number of hydrogen-bond donors (Lipinski definition) is 1. The molecule has 0 amide bonds. The third-order valence-electron chi connectivity index (χ3n) is 3.54. The Morgan fingerprint density at radius 1 is 1.43 bits per heavy atom. The maximum Gasteiger partial charge on any atom is 0.126 e. The van der Waals surface area contributed by atoms with E-state index in [0.29, 0.717) is 0 Å². The second-order valence-corrected chi connectivity index (χ2v) is 5.49. The highest BCUT2D eigenvalue weighted by Gasteiger charge is 2.21. The molecule has 0 radical (unpaired) electrons. The Bertz CT molecular complexity index is 511. The molecule has 0 fully saturated rings. The molecule has 0 aliphatic carbocycles. The first-order chi connectivity index (χ1) is 10.1. The van der Waals surface area contributed by atoms with Gasteiger partial charge in [-0.25, -0.2) is 0 Å². The van der Waals surface area contributed by atoms with Gasteiger partial charge in [0, 0.05) is 37.7 Å². The summed E-state index contributed by atoms with van der Waals surface area (Å²) in [5.41, 5.74) is 3.54. The molecule has 1 unspecified atom stereocenters. The summed E-state index contributed by atoms with van der Waals surface area (Å²) in [5.74, 6) is 1.89. The topological polar surface area (TPSA) is 39.7 Å². The third kappa shape index (κ3) is 4.22. The van der Waals surface area contributed by atoms with Crippen LogP contribution in [-0.2, 0) is 11.2 Å². The Hall–Kier alpha value is -1.52. The summed E-state index contributed by atoms with van der Waals surface area (Å²) in [6, 6.07) is 4.17. The second-order valence-electron chi connectivity index (χ2n) is 5.49. The van der Waals surface area contributed by atoms with Crippen molar-refractivity contribution in [3.05, 3.63) is 28.8 Å². The zero-order valence-corrected chi connectivity index (χ0v) is 13.4. The lowest BCUT2D eigenvalue weighted by Gasteiger charge is -2.10. The lowest BCUT2D eigenvalue weighted by molar-refractivity contribution is 0.200. The molecule has 1 atom stereocenters.